The van der Waals surface area contributed by atoms with Gasteiger partial charge in [0, 0.05) is 11.6 Å². The minimum absolute atomic E-state index is 0.0425. The number of benzene rings is 1. The first-order valence-electron chi connectivity index (χ1n) is 5.89. The van der Waals surface area contributed by atoms with Crippen LogP contribution in [0.2, 0.25) is 5.02 Å². The number of halogens is 1. The van der Waals surface area contributed by atoms with Crippen LogP contribution >= 0.6 is 22.9 Å². The van der Waals surface area contributed by atoms with Crippen LogP contribution in [-0.4, -0.2) is 17.8 Å². The van der Waals surface area contributed by atoms with Crippen molar-refractivity contribution >= 4 is 49.4 Å². The number of thiazole rings is 1. The highest BCUT2D eigenvalue weighted by Gasteiger charge is 2.25. The monoisotopic (exact) mass is 342 g/mol. The van der Waals surface area contributed by atoms with Gasteiger partial charge in [0.2, 0.25) is 5.03 Å². The Labute approximate surface area is 130 Å². The number of hydrogen-bond acceptors (Lipinski definition) is 5. The SMILES string of the molecule is Cc1cccc(Cl)c1NS(=O)(=O)c1c(N)nc2sccn12. The van der Waals surface area contributed by atoms with Crippen molar-refractivity contribution < 1.29 is 8.42 Å². The van der Waals surface area contributed by atoms with Gasteiger partial charge in [0.15, 0.2) is 10.8 Å². The van der Waals surface area contributed by atoms with E-state index in [1.807, 2.05) is 0 Å². The van der Waals surface area contributed by atoms with Crippen LogP contribution in [0.15, 0.2) is 34.8 Å². The number of nitrogens with one attached hydrogen (secondary N) is 1. The Morgan fingerprint density at radius 3 is 2.90 bits per heavy atom. The number of para-hydroxylation sites is 1. The summed E-state index contributed by atoms with van der Waals surface area (Å²) < 4.78 is 29.1. The zero-order valence-electron chi connectivity index (χ0n) is 10.9. The molecule has 0 spiro atoms. The van der Waals surface area contributed by atoms with Crippen molar-refractivity contribution in [3.63, 3.8) is 0 Å². The van der Waals surface area contributed by atoms with Crippen molar-refractivity contribution in [1.29, 1.82) is 0 Å². The normalized spacial score (nSPS) is 11.9. The van der Waals surface area contributed by atoms with E-state index in [1.54, 1.807) is 36.7 Å². The van der Waals surface area contributed by atoms with Gasteiger partial charge in [-0.05, 0) is 18.6 Å². The molecule has 0 aliphatic carbocycles. The highest BCUT2D eigenvalue weighted by Crippen LogP contribution is 2.30. The Bertz CT molecular complexity index is 910. The third-order valence-corrected chi connectivity index (χ3v) is 5.42. The van der Waals surface area contributed by atoms with Crippen LogP contribution in [0.25, 0.3) is 4.96 Å². The van der Waals surface area contributed by atoms with Crippen LogP contribution in [0, 0.1) is 6.92 Å². The predicted octanol–water partition coefficient (Wildman–Crippen LogP) is 2.74. The lowest BCUT2D eigenvalue weighted by Gasteiger charge is -2.11. The molecule has 0 fully saturated rings. The predicted molar refractivity (Wildman–Crippen MR) is 84.5 cm³/mol. The number of anilines is 2. The van der Waals surface area contributed by atoms with E-state index in [2.05, 4.69) is 9.71 Å². The largest absolute Gasteiger partial charge is 0.381 e. The van der Waals surface area contributed by atoms with Crippen molar-refractivity contribution in [2.24, 2.45) is 0 Å². The van der Waals surface area contributed by atoms with Gasteiger partial charge in [-0.25, -0.2) is 4.98 Å². The van der Waals surface area contributed by atoms with Gasteiger partial charge in [0.1, 0.15) is 0 Å². The Hall–Kier alpha value is -1.77. The molecule has 6 nitrogen and oxygen atoms in total. The van der Waals surface area contributed by atoms with Gasteiger partial charge in [-0.3, -0.25) is 9.12 Å². The molecule has 0 aliphatic rings. The molecule has 0 saturated heterocycles. The number of nitrogens with zero attached hydrogens (tertiary/aromatic N) is 2. The first kappa shape index (κ1) is 14.2. The lowest BCUT2D eigenvalue weighted by Crippen LogP contribution is -2.17. The summed E-state index contributed by atoms with van der Waals surface area (Å²) in [5.41, 5.74) is 6.79. The van der Waals surface area contributed by atoms with Gasteiger partial charge in [-0.1, -0.05) is 23.7 Å². The van der Waals surface area contributed by atoms with E-state index in [0.29, 0.717) is 15.7 Å². The zero-order valence-corrected chi connectivity index (χ0v) is 13.3. The summed E-state index contributed by atoms with van der Waals surface area (Å²) in [6.45, 7) is 1.77. The van der Waals surface area contributed by atoms with Gasteiger partial charge in [0.05, 0.1) is 10.7 Å². The van der Waals surface area contributed by atoms with Crippen LogP contribution in [0.1, 0.15) is 5.56 Å². The van der Waals surface area contributed by atoms with Crippen LogP contribution < -0.4 is 10.5 Å². The van der Waals surface area contributed by atoms with Gasteiger partial charge in [0.25, 0.3) is 10.0 Å². The molecule has 0 bridgehead atoms. The minimum atomic E-state index is -3.89. The molecule has 1 aromatic carbocycles. The molecule has 3 N–H and O–H groups in total. The van der Waals surface area contributed by atoms with Gasteiger partial charge >= 0.3 is 0 Å². The lowest BCUT2D eigenvalue weighted by atomic mass is 10.2. The molecule has 21 heavy (non-hydrogen) atoms. The second-order valence-corrected chi connectivity index (χ2v) is 7.27. The number of sulfonamides is 1. The molecule has 0 amide bonds. The molecule has 0 saturated carbocycles. The lowest BCUT2D eigenvalue weighted by molar-refractivity contribution is 0.597. The Morgan fingerprint density at radius 1 is 1.43 bits per heavy atom. The second kappa shape index (κ2) is 4.90. The summed E-state index contributed by atoms with van der Waals surface area (Å²) >= 11 is 7.36. The summed E-state index contributed by atoms with van der Waals surface area (Å²) in [4.78, 5) is 4.55. The molecule has 9 heteroatoms. The fourth-order valence-electron chi connectivity index (χ4n) is 1.99. The molecule has 0 radical (unpaired) electrons. The topological polar surface area (TPSA) is 89.5 Å². The number of rotatable bonds is 3. The average molecular weight is 343 g/mol. The van der Waals surface area contributed by atoms with E-state index in [-0.39, 0.29) is 10.8 Å². The molecule has 2 aromatic heterocycles. The fourth-order valence-corrected chi connectivity index (χ4v) is 4.46. The van der Waals surface area contributed by atoms with Gasteiger partial charge < -0.3 is 5.73 Å². The summed E-state index contributed by atoms with van der Waals surface area (Å²) in [5.74, 6) is -0.0425. The van der Waals surface area contributed by atoms with Gasteiger partial charge in [-0.15, -0.1) is 11.3 Å². The number of nitrogen functional groups attached to an aromatic ring is 1. The molecule has 0 unspecified atom stereocenters. The van der Waals surface area contributed by atoms with E-state index in [4.69, 9.17) is 17.3 Å². The Balaban J connectivity index is 2.13. The first-order valence-corrected chi connectivity index (χ1v) is 8.63. The quantitative estimate of drug-likeness (QED) is 0.765. The number of imidazole rings is 1. The van der Waals surface area contributed by atoms with Gasteiger partial charge in [-0.2, -0.15) is 8.42 Å². The molecule has 0 atom stereocenters. The van der Waals surface area contributed by atoms with Crippen molar-refractivity contribution in [3.8, 4) is 0 Å². The summed E-state index contributed by atoms with van der Waals surface area (Å²) in [6, 6.07) is 5.13. The van der Waals surface area contributed by atoms with Crippen LogP contribution in [-0.2, 0) is 10.0 Å². The fraction of sp³-hybridized carbons (Fsp3) is 0.0833. The highest BCUT2D eigenvalue weighted by atomic mass is 35.5. The molecular formula is C12H11ClN4O2S2. The molecule has 0 aliphatic heterocycles. The van der Waals surface area contributed by atoms with E-state index in [9.17, 15) is 8.42 Å². The standard InChI is InChI=1S/C12H11ClN4O2S2/c1-7-3-2-4-8(13)9(7)16-21(18,19)11-10(14)15-12-17(11)5-6-20-12/h2-6,16H,14H2,1H3. The number of aromatic nitrogens is 2. The smallest absolute Gasteiger partial charge is 0.281 e. The van der Waals surface area contributed by atoms with Crippen LogP contribution in [0.3, 0.4) is 0 Å². The van der Waals surface area contributed by atoms with E-state index >= 15 is 0 Å². The second-order valence-electron chi connectivity index (χ2n) is 4.40. The highest BCUT2D eigenvalue weighted by molar-refractivity contribution is 7.92. The van der Waals surface area contributed by atoms with Crippen molar-refractivity contribution in [2.75, 3.05) is 10.5 Å². The van der Waals surface area contributed by atoms with Crippen molar-refractivity contribution in [1.82, 2.24) is 9.38 Å². The third kappa shape index (κ3) is 2.35. The molecular weight excluding hydrogens is 332 g/mol. The van der Waals surface area contributed by atoms with E-state index < -0.39 is 10.0 Å². The summed E-state index contributed by atoms with van der Waals surface area (Å²) in [7, 11) is -3.89. The number of hydrogen-bond donors (Lipinski definition) is 2. The molecule has 3 aromatic rings. The summed E-state index contributed by atoms with van der Waals surface area (Å²) in [5, 5.41) is 1.97. The maximum Gasteiger partial charge on any atom is 0.281 e. The molecule has 110 valence electrons. The number of fused-ring (bicyclic) bond motifs is 1. The third-order valence-electron chi connectivity index (χ3n) is 2.96. The number of aryl methyl sites for hydroxylation is 1. The molecule has 3 rings (SSSR count). The van der Waals surface area contributed by atoms with E-state index in [1.165, 1.54) is 15.7 Å². The van der Waals surface area contributed by atoms with Crippen LogP contribution in [0.4, 0.5) is 11.5 Å². The van der Waals surface area contributed by atoms with E-state index in [0.717, 1.165) is 5.56 Å². The Morgan fingerprint density at radius 2 is 2.19 bits per heavy atom. The average Bonchev–Trinajstić information content (AvgIpc) is 2.93. The zero-order chi connectivity index (χ0) is 15.2. The minimum Gasteiger partial charge on any atom is -0.381 e. The van der Waals surface area contributed by atoms with Crippen molar-refractivity contribution in [3.05, 3.63) is 40.4 Å². The maximum absolute atomic E-state index is 12.6. The Kier molecular flexibility index (Phi) is 3.31. The van der Waals surface area contributed by atoms with Crippen LogP contribution in [0.5, 0.6) is 0 Å². The van der Waals surface area contributed by atoms with Crippen molar-refractivity contribution in [2.45, 2.75) is 11.9 Å². The number of nitrogens with two attached hydrogens (primary N) is 1. The first-order chi connectivity index (χ1) is 9.90. The molecule has 2 heterocycles. The summed E-state index contributed by atoms with van der Waals surface area (Å²) in [6.07, 6.45) is 1.61. The maximum atomic E-state index is 12.6.